The summed E-state index contributed by atoms with van der Waals surface area (Å²) in [7, 11) is 0. The lowest BCUT2D eigenvalue weighted by molar-refractivity contribution is 0.0532. The zero-order valence-corrected chi connectivity index (χ0v) is 11.2. The van der Waals surface area contributed by atoms with Crippen LogP contribution in [0.3, 0.4) is 0 Å². The molecule has 4 heteroatoms. The molecule has 1 aromatic carbocycles. The van der Waals surface area contributed by atoms with Gasteiger partial charge in [0.05, 0.1) is 12.7 Å². The van der Waals surface area contributed by atoms with Gasteiger partial charge in [-0.2, -0.15) is 0 Å². The first-order valence-electron chi connectivity index (χ1n) is 5.89. The average Bonchev–Trinajstić information content (AvgIpc) is 2.29. The molecule has 0 saturated carbocycles. The van der Waals surface area contributed by atoms with Gasteiger partial charge in [-0.15, -0.1) is 12.4 Å². The number of halogens is 1. The molecular formula is C13H21ClN2O. The van der Waals surface area contributed by atoms with E-state index in [-0.39, 0.29) is 18.4 Å². The normalized spacial score (nSPS) is 21.8. The Morgan fingerprint density at radius 3 is 2.53 bits per heavy atom. The number of nitrogens with two attached hydrogens (primary N) is 1. The maximum absolute atomic E-state index is 5.83. The molecule has 3 nitrogen and oxygen atoms in total. The van der Waals surface area contributed by atoms with E-state index in [0.29, 0.717) is 6.10 Å². The van der Waals surface area contributed by atoms with Crippen molar-refractivity contribution in [2.75, 3.05) is 24.6 Å². The molecule has 1 aliphatic rings. The van der Waals surface area contributed by atoms with E-state index < -0.39 is 0 Å². The van der Waals surface area contributed by atoms with Gasteiger partial charge in [-0.05, 0) is 31.5 Å². The Morgan fingerprint density at radius 1 is 1.35 bits per heavy atom. The van der Waals surface area contributed by atoms with Crippen LogP contribution in [0.5, 0.6) is 0 Å². The van der Waals surface area contributed by atoms with E-state index in [1.165, 1.54) is 11.3 Å². The number of hydrogen-bond donors (Lipinski definition) is 1. The van der Waals surface area contributed by atoms with Crippen molar-refractivity contribution in [3.63, 3.8) is 0 Å². The summed E-state index contributed by atoms with van der Waals surface area (Å²) in [6.45, 7) is 6.88. The highest BCUT2D eigenvalue weighted by atomic mass is 35.5. The van der Waals surface area contributed by atoms with Crippen LogP contribution in [0.4, 0.5) is 5.69 Å². The molecule has 0 spiro atoms. The molecule has 1 fully saturated rings. The quantitative estimate of drug-likeness (QED) is 0.883. The molecule has 0 amide bonds. The lowest BCUT2D eigenvalue weighted by Gasteiger charge is -2.33. The van der Waals surface area contributed by atoms with Gasteiger partial charge in [0.15, 0.2) is 0 Å². The number of benzene rings is 1. The Labute approximate surface area is 109 Å². The van der Waals surface area contributed by atoms with Crippen molar-refractivity contribution in [2.45, 2.75) is 26.0 Å². The van der Waals surface area contributed by atoms with Crippen LogP contribution in [0, 0.1) is 0 Å². The minimum absolute atomic E-state index is 0. The average molecular weight is 257 g/mol. The van der Waals surface area contributed by atoms with Crippen LogP contribution in [0.15, 0.2) is 24.3 Å². The van der Waals surface area contributed by atoms with Gasteiger partial charge in [-0.25, -0.2) is 0 Å². The lowest BCUT2D eigenvalue weighted by atomic mass is 10.1. The molecule has 1 aliphatic heterocycles. The predicted molar refractivity (Wildman–Crippen MR) is 73.9 cm³/mol. The molecule has 2 atom stereocenters. The Kier molecular flexibility index (Phi) is 5.25. The highest BCUT2D eigenvalue weighted by Crippen LogP contribution is 2.20. The molecule has 1 aromatic rings. The maximum atomic E-state index is 5.83. The Bertz CT molecular complexity index is 340. The molecule has 0 aromatic heterocycles. The molecule has 2 rings (SSSR count). The van der Waals surface area contributed by atoms with Gasteiger partial charge < -0.3 is 15.4 Å². The number of rotatable bonds is 2. The second kappa shape index (κ2) is 6.24. The van der Waals surface area contributed by atoms with Crippen LogP contribution in [-0.4, -0.2) is 25.8 Å². The number of nitrogens with zero attached hydrogens (tertiary/aromatic N) is 1. The maximum Gasteiger partial charge on any atom is 0.0722 e. The molecule has 0 aliphatic carbocycles. The summed E-state index contributed by atoms with van der Waals surface area (Å²) in [5.74, 6) is 0. The fourth-order valence-corrected chi connectivity index (χ4v) is 2.04. The van der Waals surface area contributed by atoms with Gasteiger partial charge in [0.1, 0.15) is 0 Å². The predicted octanol–water partition coefficient (Wildman–Crippen LogP) is 2.35. The molecule has 2 unspecified atom stereocenters. The summed E-state index contributed by atoms with van der Waals surface area (Å²) in [5, 5.41) is 0. The summed E-state index contributed by atoms with van der Waals surface area (Å²) < 4.78 is 5.53. The van der Waals surface area contributed by atoms with Crippen molar-refractivity contribution in [3.05, 3.63) is 29.8 Å². The molecule has 0 radical (unpaired) electrons. The van der Waals surface area contributed by atoms with Crippen LogP contribution in [0.1, 0.15) is 25.5 Å². The zero-order valence-electron chi connectivity index (χ0n) is 10.4. The number of hydrogen-bond acceptors (Lipinski definition) is 3. The first kappa shape index (κ1) is 14.3. The highest BCUT2D eigenvalue weighted by molar-refractivity contribution is 5.85. The number of ether oxygens (including phenoxy) is 1. The summed E-state index contributed by atoms with van der Waals surface area (Å²) in [6, 6.07) is 8.63. The molecule has 96 valence electrons. The Morgan fingerprint density at radius 2 is 2.00 bits per heavy atom. The van der Waals surface area contributed by atoms with Crippen molar-refractivity contribution >= 4 is 18.1 Å². The summed E-state index contributed by atoms with van der Waals surface area (Å²) in [5.41, 5.74) is 8.28. The molecule has 1 saturated heterocycles. The van der Waals surface area contributed by atoms with Crippen molar-refractivity contribution in [1.29, 1.82) is 0 Å². The third-order valence-corrected chi connectivity index (χ3v) is 3.03. The molecule has 1 heterocycles. The first-order valence-corrected chi connectivity index (χ1v) is 5.89. The minimum atomic E-state index is 0. The van der Waals surface area contributed by atoms with Gasteiger partial charge in [0.25, 0.3) is 0 Å². The van der Waals surface area contributed by atoms with Gasteiger partial charge in [0.2, 0.25) is 0 Å². The van der Waals surface area contributed by atoms with Crippen LogP contribution in [-0.2, 0) is 4.74 Å². The zero-order chi connectivity index (χ0) is 11.5. The van der Waals surface area contributed by atoms with Crippen LogP contribution < -0.4 is 10.6 Å². The van der Waals surface area contributed by atoms with Crippen molar-refractivity contribution in [3.8, 4) is 0 Å². The van der Waals surface area contributed by atoms with Crippen LogP contribution in [0.25, 0.3) is 0 Å². The minimum Gasteiger partial charge on any atom is -0.375 e. The smallest absolute Gasteiger partial charge is 0.0722 e. The molecule has 0 bridgehead atoms. The van der Waals surface area contributed by atoms with Crippen LogP contribution in [0.2, 0.25) is 0 Å². The summed E-state index contributed by atoms with van der Waals surface area (Å²) in [4.78, 5) is 2.36. The summed E-state index contributed by atoms with van der Waals surface area (Å²) >= 11 is 0. The Hall–Kier alpha value is -0.770. The fraction of sp³-hybridized carbons (Fsp3) is 0.538. The van der Waals surface area contributed by atoms with Gasteiger partial charge in [-0.3, -0.25) is 0 Å². The van der Waals surface area contributed by atoms with E-state index in [9.17, 15) is 0 Å². The van der Waals surface area contributed by atoms with Crippen molar-refractivity contribution in [2.24, 2.45) is 5.73 Å². The fourth-order valence-electron chi connectivity index (χ4n) is 2.04. The summed E-state index contributed by atoms with van der Waals surface area (Å²) in [6.07, 6.45) is 0.321. The van der Waals surface area contributed by atoms with E-state index in [0.717, 1.165) is 19.7 Å². The van der Waals surface area contributed by atoms with Gasteiger partial charge in [0, 0.05) is 24.8 Å². The number of morpholine rings is 1. The van der Waals surface area contributed by atoms with E-state index in [1.807, 2.05) is 6.92 Å². The molecule has 17 heavy (non-hydrogen) atoms. The second-order valence-corrected chi connectivity index (χ2v) is 4.51. The topological polar surface area (TPSA) is 38.5 Å². The molecule has 2 N–H and O–H groups in total. The van der Waals surface area contributed by atoms with E-state index in [4.69, 9.17) is 10.5 Å². The monoisotopic (exact) mass is 256 g/mol. The lowest BCUT2D eigenvalue weighted by Crippen LogP contribution is -2.41. The third-order valence-electron chi connectivity index (χ3n) is 3.03. The Balaban J connectivity index is 0.00000144. The van der Waals surface area contributed by atoms with Crippen LogP contribution >= 0.6 is 12.4 Å². The van der Waals surface area contributed by atoms with E-state index in [2.05, 4.69) is 36.1 Å². The van der Waals surface area contributed by atoms with Crippen molar-refractivity contribution in [1.82, 2.24) is 0 Å². The standard InChI is InChI=1S/C13H20N2O.ClH/c1-10-9-15(7-8-16-10)13-5-3-12(4-6-13)11(2)14;/h3-6,10-11H,7-9,14H2,1-2H3;1H. The van der Waals surface area contributed by atoms with E-state index >= 15 is 0 Å². The first-order chi connectivity index (χ1) is 7.66. The van der Waals surface area contributed by atoms with E-state index in [1.54, 1.807) is 0 Å². The third kappa shape index (κ3) is 3.60. The van der Waals surface area contributed by atoms with Gasteiger partial charge >= 0.3 is 0 Å². The largest absolute Gasteiger partial charge is 0.375 e. The highest BCUT2D eigenvalue weighted by Gasteiger charge is 2.16. The SMILES string of the molecule is CC1CN(c2ccc(C(C)N)cc2)CCO1.Cl. The van der Waals surface area contributed by atoms with Crippen molar-refractivity contribution < 1.29 is 4.74 Å². The second-order valence-electron chi connectivity index (χ2n) is 4.51. The number of anilines is 1. The molecular weight excluding hydrogens is 236 g/mol. The van der Waals surface area contributed by atoms with Gasteiger partial charge in [-0.1, -0.05) is 12.1 Å².